The summed E-state index contributed by atoms with van der Waals surface area (Å²) in [5, 5.41) is 0. The van der Waals surface area contributed by atoms with E-state index in [4.69, 9.17) is 0 Å². The van der Waals surface area contributed by atoms with Crippen molar-refractivity contribution < 1.29 is 18.0 Å². The average molecular weight is 552 g/mol. The van der Waals surface area contributed by atoms with E-state index in [0.29, 0.717) is 23.3 Å². The van der Waals surface area contributed by atoms with Crippen molar-refractivity contribution in [2.24, 2.45) is 17.3 Å². The molecule has 0 aromatic heterocycles. The third kappa shape index (κ3) is 5.92. The fraction of sp³-hybridized carbons (Fsp3) is 0.548. The van der Waals surface area contributed by atoms with Crippen LogP contribution in [0.1, 0.15) is 50.2 Å². The van der Waals surface area contributed by atoms with E-state index in [1.54, 1.807) is 12.1 Å². The summed E-state index contributed by atoms with van der Waals surface area (Å²) in [5.41, 5.74) is 1.98. The Kier molecular flexibility index (Phi) is 7.89. The molecule has 2 aromatic rings. The Morgan fingerprint density at radius 3 is 2.21 bits per heavy atom. The summed E-state index contributed by atoms with van der Waals surface area (Å²) < 4.78 is 23.5. The average Bonchev–Trinajstić information content (AvgIpc) is 3.47. The minimum Gasteiger partial charge on any atom is -0.342 e. The number of likely N-dealkylation sites (tertiary alicyclic amines) is 3. The predicted molar refractivity (Wildman–Crippen MR) is 152 cm³/mol. The lowest BCUT2D eigenvalue weighted by molar-refractivity contribution is -0.139. The number of hydrogen-bond donors (Lipinski definition) is 0. The van der Waals surface area contributed by atoms with Crippen LogP contribution in [0.15, 0.2) is 59.5 Å². The number of carbonyl (C=O) groups excluding carboxylic acids is 2. The van der Waals surface area contributed by atoms with Crippen LogP contribution in [0, 0.1) is 17.3 Å². The van der Waals surface area contributed by atoms with Crippen molar-refractivity contribution in [3.05, 3.63) is 65.7 Å². The predicted octanol–water partition coefficient (Wildman–Crippen LogP) is 3.80. The van der Waals surface area contributed by atoms with Crippen LogP contribution in [0.4, 0.5) is 0 Å². The number of rotatable bonds is 7. The van der Waals surface area contributed by atoms with E-state index in [9.17, 15) is 18.0 Å². The molecule has 3 saturated heterocycles. The lowest BCUT2D eigenvalue weighted by Crippen LogP contribution is -2.46. The van der Waals surface area contributed by atoms with E-state index in [1.165, 1.54) is 11.8 Å². The van der Waals surface area contributed by atoms with Crippen molar-refractivity contribution >= 4 is 21.7 Å². The van der Waals surface area contributed by atoms with Crippen molar-refractivity contribution in [1.29, 1.82) is 0 Å². The van der Waals surface area contributed by atoms with Gasteiger partial charge < -0.3 is 14.7 Å². The maximum Gasteiger partial charge on any atom is 0.229 e. The van der Waals surface area contributed by atoms with Gasteiger partial charge in [0.15, 0.2) is 9.84 Å². The molecule has 1 spiro atoms. The normalized spacial score (nSPS) is 23.7. The largest absolute Gasteiger partial charge is 0.342 e. The number of nitrogens with zero attached hydrogens (tertiary/aromatic N) is 3. The van der Waals surface area contributed by atoms with Gasteiger partial charge in [-0.3, -0.25) is 9.59 Å². The molecular formula is C31H41N3O4S. The van der Waals surface area contributed by atoms with Gasteiger partial charge in [-0.05, 0) is 61.5 Å². The van der Waals surface area contributed by atoms with Crippen LogP contribution < -0.4 is 0 Å². The molecule has 8 heteroatoms. The zero-order valence-corrected chi connectivity index (χ0v) is 24.2. The Balaban J connectivity index is 1.20. The van der Waals surface area contributed by atoms with Crippen molar-refractivity contribution in [1.82, 2.24) is 14.7 Å². The van der Waals surface area contributed by atoms with E-state index >= 15 is 0 Å². The molecule has 5 rings (SSSR count). The fourth-order valence-corrected chi connectivity index (χ4v) is 7.38. The molecule has 210 valence electrons. The molecule has 2 unspecified atom stereocenters. The van der Waals surface area contributed by atoms with E-state index in [-0.39, 0.29) is 23.1 Å². The summed E-state index contributed by atoms with van der Waals surface area (Å²) in [6, 6.07) is 17.5. The van der Waals surface area contributed by atoms with Crippen molar-refractivity contribution in [2.45, 2.75) is 50.5 Å². The van der Waals surface area contributed by atoms with Crippen LogP contribution in [-0.4, -0.2) is 80.5 Å². The molecule has 2 aromatic carbocycles. The van der Waals surface area contributed by atoms with Gasteiger partial charge in [0.05, 0.1) is 10.3 Å². The summed E-state index contributed by atoms with van der Waals surface area (Å²) in [6.07, 6.45) is 3.82. The topological polar surface area (TPSA) is 78.0 Å². The van der Waals surface area contributed by atoms with Crippen LogP contribution in [0.2, 0.25) is 0 Å². The number of carbonyl (C=O) groups is 2. The van der Waals surface area contributed by atoms with Crippen LogP contribution in [0.5, 0.6) is 0 Å². The molecule has 3 aliphatic heterocycles. The van der Waals surface area contributed by atoms with Gasteiger partial charge in [-0.1, -0.05) is 56.3 Å². The fourth-order valence-electron chi connectivity index (χ4n) is 6.74. The second-order valence-corrected chi connectivity index (χ2v) is 14.2. The maximum atomic E-state index is 13.6. The molecule has 3 fully saturated rings. The molecule has 2 amide bonds. The monoisotopic (exact) mass is 551 g/mol. The first-order valence-electron chi connectivity index (χ1n) is 14.2. The van der Waals surface area contributed by atoms with E-state index < -0.39 is 9.84 Å². The summed E-state index contributed by atoms with van der Waals surface area (Å²) in [4.78, 5) is 33.2. The van der Waals surface area contributed by atoms with Gasteiger partial charge >= 0.3 is 0 Å². The number of piperidine rings is 1. The summed E-state index contributed by atoms with van der Waals surface area (Å²) >= 11 is 0. The molecule has 39 heavy (non-hydrogen) atoms. The second-order valence-electron chi connectivity index (χ2n) is 12.1. The zero-order chi connectivity index (χ0) is 27.8. The Bertz CT molecular complexity index is 1280. The van der Waals surface area contributed by atoms with Gasteiger partial charge in [0.2, 0.25) is 11.8 Å². The first kappa shape index (κ1) is 27.8. The third-order valence-corrected chi connectivity index (χ3v) is 10.2. The minimum atomic E-state index is -3.23. The number of amides is 2. The molecule has 0 saturated carbocycles. The van der Waals surface area contributed by atoms with Gasteiger partial charge in [0.25, 0.3) is 0 Å². The third-order valence-electron chi connectivity index (χ3n) is 9.11. The number of sulfone groups is 1. The van der Waals surface area contributed by atoms with Crippen LogP contribution in [-0.2, 0) is 26.0 Å². The van der Waals surface area contributed by atoms with Crippen molar-refractivity contribution in [3.63, 3.8) is 0 Å². The number of benzene rings is 2. The molecule has 7 nitrogen and oxygen atoms in total. The molecule has 0 bridgehead atoms. The molecule has 2 atom stereocenters. The molecule has 0 N–H and O–H groups in total. The first-order chi connectivity index (χ1) is 18.6. The summed E-state index contributed by atoms with van der Waals surface area (Å²) in [7, 11) is -3.23. The smallest absolute Gasteiger partial charge is 0.229 e. The maximum absolute atomic E-state index is 13.6. The highest BCUT2D eigenvalue weighted by atomic mass is 32.2. The lowest BCUT2D eigenvalue weighted by atomic mass is 9.76. The van der Waals surface area contributed by atoms with Crippen molar-refractivity contribution in [3.8, 4) is 0 Å². The highest BCUT2D eigenvalue weighted by Gasteiger charge is 2.48. The molecule has 3 heterocycles. The van der Waals surface area contributed by atoms with Gasteiger partial charge in [-0.2, -0.15) is 0 Å². The standard InChI is InChI=1S/C31H41N3O4S/c1-23(2)29(35)34-21-26(28(22-34)25-7-5-4-6-8-25)20-32-16-13-31(14-17-32)15-18-33(30(31)36)19-24-9-11-27(12-10-24)39(3,37)38/h4-12,23,26,28H,13-22H2,1-3H3. The van der Waals surface area contributed by atoms with Gasteiger partial charge in [0.1, 0.15) is 0 Å². The molecule has 0 radical (unpaired) electrons. The highest BCUT2D eigenvalue weighted by molar-refractivity contribution is 7.90. The van der Waals surface area contributed by atoms with Gasteiger partial charge in [0, 0.05) is 50.8 Å². The summed E-state index contributed by atoms with van der Waals surface area (Å²) in [6.45, 7) is 9.55. The molecule has 3 aliphatic rings. The first-order valence-corrected chi connectivity index (χ1v) is 16.1. The minimum absolute atomic E-state index is 0.00367. The highest BCUT2D eigenvalue weighted by Crippen LogP contribution is 2.43. The molecular weight excluding hydrogens is 510 g/mol. The number of hydrogen-bond acceptors (Lipinski definition) is 5. The summed E-state index contributed by atoms with van der Waals surface area (Å²) in [5.74, 6) is 1.20. The van der Waals surface area contributed by atoms with Gasteiger partial charge in [-0.15, -0.1) is 0 Å². The Hall–Kier alpha value is -2.71. The van der Waals surface area contributed by atoms with E-state index in [1.807, 2.05) is 36.9 Å². The lowest BCUT2D eigenvalue weighted by Gasteiger charge is -2.39. The Morgan fingerprint density at radius 1 is 0.949 bits per heavy atom. The van der Waals surface area contributed by atoms with E-state index in [2.05, 4.69) is 34.1 Å². The van der Waals surface area contributed by atoms with Gasteiger partial charge in [-0.25, -0.2) is 8.42 Å². The van der Waals surface area contributed by atoms with Crippen LogP contribution in [0.3, 0.4) is 0 Å². The zero-order valence-electron chi connectivity index (χ0n) is 23.4. The van der Waals surface area contributed by atoms with Crippen LogP contribution >= 0.6 is 0 Å². The van der Waals surface area contributed by atoms with E-state index in [0.717, 1.165) is 64.1 Å². The van der Waals surface area contributed by atoms with Crippen molar-refractivity contribution in [2.75, 3.05) is 45.5 Å². The second kappa shape index (κ2) is 11.0. The SMILES string of the molecule is CC(C)C(=O)N1CC(CN2CCC3(CC2)CCN(Cc2ccc(S(C)(=O)=O)cc2)C3=O)C(c2ccccc2)C1. The Labute approximate surface area is 233 Å². The van der Waals surface area contributed by atoms with Crippen LogP contribution in [0.25, 0.3) is 0 Å². The Morgan fingerprint density at radius 2 is 1.59 bits per heavy atom. The molecule has 0 aliphatic carbocycles. The quantitative estimate of drug-likeness (QED) is 0.523.